The minimum absolute atomic E-state index is 0.306. The highest BCUT2D eigenvalue weighted by Crippen LogP contribution is 2.54. The van der Waals surface area contributed by atoms with Crippen molar-refractivity contribution in [1.29, 1.82) is 0 Å². The molecule has 9 heteroatoms. The number of amides is 1. The third kappa shape index (κ3) is 4.71. The Morgan fingerprint density at radius 3 is 2.77 bits per heavy atom. The van der Waals surface area contributed by atoms with Crippen LogP contribution in [0.1, 0.15) is 18.1 Å². The summed E-state index contributed by atoms with van der Waals surface area (Å²) in [5.41, 5.74) is -0.434. The van der Waals surface area contributed by atoms with Gasteiger partial charge in [0.15, 0.2) is 5.78 Å². The molecule has 2 aromatic rings. The molecule has 0 spiro atoms. The molecular weight excluding hydrogens is 445 g/mol. The van der Waals surface area contributed by atoms with Gasteiger partial charge in [-0.1, -0.05) is 23.8 Å². The van der Waals surface area contributed by atoms with E-state index in [4.69, 9.17) is 11.6 Å². The van der Waals surface area contributed by atoms with Crippen LogP contribution in [-0.4, -0.2) is 29.0 Å². The number of benzene rings is 1. The van der Waals surface area contributed by atoms with Crippen LogP contribution in [-0.2, 0) is 18.9 Å². The number of allylic oxidation sites excluding steroid dienone is 5. The van der Waals surface area contributed by atoms with Crippen molar-refractivity contribution >= 4 is 57.9 Å². The molecule has 0 radical (unpaired) electrons. The van der Waals surface area contributed by atoms with Crippen molar-refractivity contribution in [3.05, 3.63) is 70.2 Å². The van der Waals surface area contributed by atoms with Crippen LogP contribution in [0.2, 0.25) is 5.02 Å². The van der Waals surface area contributed by atoms with E-state index >= 15 is 0 Å². The van der Waals surface area contributed by atoms with Crippen molar-refractivity contribution in [2.45, 2.75) is 12.6 Å². The first-order valence-electron chi connectivity index (χ1n) is 8.95. The van der Waals surface area contributed by atoms with Gasteiger partial charge in [0, 0.05) is 22.6 Å². The summed E-state index contributed by atoms with van der Waals surface area (Å²) in [5, 5.41) is 5.30. The Bertz CT molecular complexity index is 1170. The van der Waals surface area contributed by atoms with Crippen LogP contribution in [0.25, 0.3) is 10.1 Å². The van der Waals surface area contributed by atoms with Gasteiger partial charge in [0.05, 0.1) is 0 Å². The monoisotopic (exact) mass is 463 g/mol. The fourth-order valence-corrected chi connectivity index (χ4v) is 5.83. The molecule has 1 aliphatic rings. The number of halogens is 1. The number of hydrogen-bond donors (Lipinski definition) is 2. The molecule has 0 saturated carbocycles. The lowest BCUT2D eigenvalue weighted by molar-refractivity contribution is -0.127. The fourth-order valence-electron chi connectivity index (χ4n) is 3.35. The quantitative estimate of drug-likeness (QED) is 0.488. The first-order valence-corrected chi connectivity index (χ1v) is 12.4. The van der Waals surface area contributed by atoms with E-state index in [2.05, 4.69) is 5.32 Å². The Hall–Kier alpha value is -2.31. The molecule has 0 fully saturated rings. The summed E-state index contributed by atoms with van der Waals surface area (Å²) in [6, 6.07) is 5.17. The van der Waals surface area contributed by atoms with E-state index in [0.717, 1.165) is 11.4 Å². The molecule has 1 aromatic carbocycles. The molecule has 30 heavy (non-hydrogen) atoms. The van der Waals surface area contributed by atoms with Gasteiger partial charge in [-0.25, -0.2) is 0 Å². The molecule has 2 N–H and O–H groups in total. The summed E-state index contributed by atoms with van der Waals surface area (Å²) in [5.74, 6) is -2.22. The van der Waals surface area contributed by atoms with Gasteiger partial charge in [-0.3, -0.25) is 18.9 Å². The second-order valence-electron chi connectivity index (χ2n) is 6.99. The highest BCUT2D eigenvalue weighted by molar-refractivity contribution is 7.58. The molecule has 1 aromatic heterocycles. The van der Waals surface area contributed by atoms with Crippen molar-refractivity contribution in [3.8, 4) is 0 Å². The summed E-state index contributed by atoms with van der Waals surface area (Å²) in [6.07, 6.45) is 7.19. The Labute approximate surface area is 182 Å². The van der Waals surface area contributed by atoms with Gasteiger partial charge in [-0.15, -0.1) is 11.3 Å². The Kier molecular flexibility index (Phi) is 6.58. The molecule has 3 rings (SSSR count). The molecule has 1 aliphatic carbocycles. The third-order valence-corrected chi connectivity index (χ3v) is 7.35. The third-order valence-electron chi connectivity index (χ3n) is 4.66. The number of carbonyl (C=O) groups excluding carboxylic acids is 3. The molecule has 0 bridgehead atoms. The fraction of sp³-hybridized carbons (Fsp3) is 0.190. The highest BCUT2D eigenvalue weighted by Gasteiger charge is 2.36. The van der Waals surface area contributed by atoms with Crippen LogP contribution in [0, 0.1) is 5.92 Å². The topological polar surface area (TPSA) is 101 Å². The minimum atomic E-state index is -3.87. The van der Waals surface area contributed by atoms with Crippen LogP contribution in [0.5, 0.6) is 0 Å². The van der Waals surface area contributed by atoms with Crippen molar-refractivity contribution in [3.63, 3.8) is 0 Å². The summed E-state index contributed by atoms with van der Waals surface area (Å²) in [6.45, 7) is 2.46. The maximum absolute atomic E-state index is 12.8. The first-order chi connectivity index (χ1) is 14.1. The van der Waals surface area contributed by atoms with Gasteiger partial charge in [0.25, 0.3) is 0 Å². The summed E-state index contributed by atoms with van der Waals surface area (Å²) in [7, 11) is -3.87. The van der Waals surface area contributed by atoms with E-state index < -0.39 is 24.9 Å². The van der Waals surface area contributed by atoms with Crippen LogP contribution in [0.4, 0.5) is 0 Å². The maximum Gasteiger partial charge on any atom is 0.241 e. The zero-order chi connectivity index (χ0) is 22.1. The molecule has 1 heterocycles. The summed E-state index contributed by atoms with van der Waals surface area (Å²) < 4.78 is 13.4. The van der Waals surface area contributed by atoms with E-state index in [9.17, 15) is 23.8 Å². The van der Waals surface area contributed by atoms with Gasteiger partial charge in [-0.2, -0.15) is 0 Å². The van der Waals surface area contributed by atoms with E-state index in [0.29, 0.717) is 21.5 Å². The first kappa shape index (κ1) is 22.4. The van der Waals surface area contributed by atoms with Gasteiger partial charge in [-0.05, 0) is 59.2 Å². The standard InChI is InChI=1S/C21H19ClNO5PS/c1-12(24)19-13(4-3-5-17(19)25)8-9-23-21(26)20(29(2,27)28)16-11-30-18-7-6-14(22)10-15(16)18/h3-11,19-20H,1-2H3,(H,23,26)(H,27,28)/b9-8+. The van der Waals surface area contributed by atoms with Crippen LogP contribution >= 0.6 is 30.3 Å². The molecular formula is C21H19ClNO5PS. The number of hydrogen-bond acceptors (Lipinski definition) is 5. The average Bonchev–Trinajstić information content (AvgIpc) is 3.03. The molecule has 0 aliphatic heterocycles. The van der Waals surface area contributed by atoms with Crippen LogP contribution in [0.15, 0.2) is 59.7 Å². The number of nitrogens with one attached hydrogen (secondary N) is 1. The van der Waals surface area contributed by atoms with Crippen LogP contribution in [0.3, 0.4) is 0 Å². The lowest BCUT2D eigenvalue weighted by atomic mass is 9.87. The number of rotatable bonds is 6. The largest absolute Gasteiger partial charge is 0.344 e. The highest BCUT2D eigenvalue weighted by atomic mass is 35.5. The van der Waals surface area contributed by atoms with Crippen molar-refractivity contribution in [2.24, 2.45) is 5.92 Å². The smallest absolute Gasteiger partial charge is 0.241 e. The predicted octanol–water partition coefficient (Wildman–Crippen LogP) is 4.40. The predicted molar refractivity (Wildman–Crippen MR) is 119 cm³/mol. The molecule has 6 nitrogen and oxygen atoms in total. The molecule has 1 amide bonds. The number of carbonyl (C=O) groups is 3. The van der Waals surface area contributed by atoms with Gasteiger partial charge in [0.2, 0.25) is 13.3 Å². The van der Waals surface area contributed by atoms with E-state index in [-0.39, 0.29) is 11.6 Å². The van der Waals surface area contributed by atoms with Gasteiger partial charge >= 0.3 is 0 Å². The van der Waals surface area contributed by atoms with Crippen molar-refractivity contribution in [2.75, 3.05) is 6.66 Å². The van der Waals surface area contributed by atoms with E-state index in [1.807, 2.05) is 0 Å². The summed E-state index contributed by atoms with van der Waals surface area (Å²) in [4.78, 5) is 46.8. The van der Waals surface area contributed by atoms with Gasteiger partial charge < -0.3 is 10.2 Å². The van der Waals surface area contributed by atoms with E-state index in [1.165, 1.54) is 42.7 Å². The maximum atomic E-state index is 12.8. The molecule has 0 saturated heterocycles. The second kappa shape index (κ2) is 8.82. The lowest BCUT2D eigenvalue weighted by Crippen LogP contribution is -2.26. The zero-order valence-corrected chi connectivity index (χ0v) is 18.6. The van der Waals surface area contributed by atoms with Crippen LogP contribution < -0.4 is 5.32 Å². The molecule has 156 valence electrons. The van der Waals surface area contributed by atoms with Crippen molar-refractivity contribution in [1.82, 2.24) is 5.32 Å². The number of ketones is 2. The van der Waals surface area contributed by atoms with Crippen molar-refractivity contribution < 1.29 is 23.8 Å². The summed E-state index contributed by atoms with van der Waals surface area (Å²) >= 11 is 7.42. The van der Waals surface area contributed by atoms with E-state index in [1.54, 1.807) is 29.7 Å². The Morgan fingerprint density at radius 2 is 2.10 bits per heavy atom. The number of Topliss-reactive ketones (excluding diaryl/α,β-unsaturated/α-hetero) is 1. The minimum Gasteiger partial charge on any atom is -0.344 e. The molecule has 3 unspecified atom stereocenters. The van der Waals surface area contributed by atoms with Gasteiger partial charge in [0.1, 0.15) is 17.4 Å². The normalized spacial score (nSPS) is 19.5. The lowest BCUT2D eigenvalue weighted by Gasteiger charge is -2.19. The SMILES string of the molecule is CC(=O)C1C(=O)C=CC=C1/C=C/NC(=O)C(c1csc2ccc(Cl)cc12)P(C)(=O)O. The number of thiophene rings is 1. The second-order valence-corrected chi connectivity index (χ2v) is 10.7. The Balaban J connectivity index is 1.88. The molecule has 3 atom stereocenters. The number of fused-ring (bicyclic) bond motifs is 1. The average molecular weight is 464 g/mol. The Morgan fingerprint density at radius 1 is 1.37 bits per heavy atom. The zero-order valence-electron chi connectivity index (χ0n) is 16.2.